The first-order valence-electron chi connectivity index (χ1n) is 18.2. The van der Waals surface area contributed by atoms with Crippen LogP contribution in [0.15, 0.2) is 24.3 Å². The van der Waals surface area contributed by atoms with Gasteiger partial charge in [0.1, 0.15) is 0 Å². The highest BCUT2D eigenvalue weighted by Gasteiger charge is 2.39. The Morgan fingerprint density at radius 3 is 1.63 bits per heavy atom. The summed E-state index contributed by atoms with van der Waals surface area (Å²) in [5.74, 6) is -1.63. The second-order valence-electron chi connectivity index (χ2n) is 13.0. The van der Waals surface area contributed by atoms with E-state index in [1.165, 1.54) is 0 Å². The topological polar surface area (TPSA) is 155 Å². The summed E-state index contributed by atoms with van der Waals surface area (Å²) >= 11 is 0. The zero-order valence-corrected chi connectivity index (χ0v) is 30.7. The summed E-state index contributed by atoms with van der Waals surface area (Å²) in [6, 6.07) is 7.96. The lowest BCUT2D eigenvalue weighted by atomic mass is 10.0. The van der Waals surface area contributed by atoms with Gasteiger partial charge in [-0.25, -0.2) is 0 Å². The number of aliphatic carboxylic acids is 1. The molecule has 0 spiro atoms. The molecule has 3 aliphatic heterocycles. The smallest absolute Gasteiger partial charge is 0.320 e. The van der Waals surface area contributed by atoms with Crippen LogP contribution in [0.5, 0.6) is 0 Å². The number of carbonyl (C=O) groups excluding carboxylic acids is 2. The number of esters is 2. The van der Waals surface area contributed by atoms with Crippen LogP contribution in [0, 0.1) is 0 Å². The summed E-state index contributed by atoms with van der Waals surface area (Å²) in [5.41, 5.74) is 2.16. The van der Waals surface area contributed by atoms with Crippen LogP contribution in [-0.4, -0.2) is 147 Å². The van der Waals surface area contributed by atoms with Crippen LogP contribution in [0.25, 0.3) is 0 Å². The molecule has 3 heterocycles. The summed E-state index contributed by atoms with van der Waals surface area (Å²) in [5, 5.41) is 9.02. The van der Waals surface area contributed by atoms with Gasteiger partial charge in [0.05, 0.1) is 45.4 Å². The number of hydrogen-bond donors (Lipinski definition) is 1. The molecule has 0 radical (unpaired) electrons. The van der Waals surface area contributed by atoms with Crippen LogP contribution < -0.4 is 0 Å². The number of benzene rings is 1. The van der Waals surface area contributed by atoms with Gasteiger partial charge in [-0.05, 0) is 71.4 Å². The predicted octanol–water partition coefficient (Wildman–Crippen LogP) is 2.58. The van der Waals surface area contributed by atoms with E-state index in [9.17, 15) is 14.4 Å². The van der Waals surface area contributed by atoms with Crippen LogP contribution >= 0.6 is 0 Å². The molecule has 0 saturated carbocycles. The molecule has 3 aliphatic rings. The van der Waals surface area contributed by atoms with Gasteiger partial charge in [0.25, 0.3) is 0 Å². The van der Waals surface area contributed by atoms with Crippen molar-refractivity contribution < 1.29 is 57.4 Å². The van der Waals surface area contributed by atoms with Crippen molar-refractivity contribution in [1.82, 2.24) is 14.7 Å². The van der Waals surface area contributed by atoms with Crippen molar-refractivity contribution >= 4 is 17.9 Å². The van der Waals surface area contributed by atoms with Crippen LogP contribution in [0.1, 0.15) is 65.0 Å². The van der Waals surface area contributed by atoms with Gasteiger partial charge >= 0.3 is 17.9 Å². The number of carbonyl (C=O) groups is 3. The van der Waals surface area contributed by atoms with Gasteiger partial charge in [-0.15, -0.1) is 0 Å². The molecule has 0 aromatic heterocycles. The minimum Gasteiger partial charge on any atom is -0.481 e. The number of nitrogens with zero attached hydrogens (tertiary/aromatic N) is 3. The van der Waals surface area contributed by atoms with Gasteiger partial charge in [0.2, 0.25) is 0 Å². The van der Waals surface area contributed by atoms with Crippen molar-refractivity contribution in [3.05, 3.63) is 35.4 Å². The van der Waals surface area contributed by atoms with E-state index in [0.717, 1.165) is 30.4 Å². The fourth-order valence-corrected chi connectivity index (χ4v) is 6.40. The molecule has 15 nitrogen and oxygen atoms in total. The van der Waals surface area contributed by atoms with Crippen molar-refractivity contribution in [2.75, 3.05) is 65.6 Å². The second kappa shape index (κ2) is 21.1. The van der Waals surface area contributed by atoms with Crippen LogP contribution in [0.4, 0.5) is 0 Å². The van der Waals surface area contributed by atoms with Crippen molar-refractivity contribution in [2.24, 2.45) is 0 Å². The Morgan fingerprint density at radius 1 is 0.706 bits per heavy atom. The van der Waals surface area contributed by atoms with Gasteiger partial charge in [0, 0.05) is 32.6 Å². The summed E-state index contributed by atoms with van der Waals surface area (Å²) in [7, 11) is 0. The van der Waals surface area contributed by atoms with E-state index in [1.54, 1.807) is 18.7 Å². The van der Waals surface area contributed by atoms with Gasteiger partial charge in [0.15, 0.2) is 37.7 Å². The average molecular weight is 724 g/mol. The lowest BCUT2D eigenvalue weighted by molar-refractivity contribution is -0.394. The number of hydrogen-bond acceptors (Lipinski definition) is 14. The highest BCUT2D eigenvalue weighted by atomic mass is 16.9. The fraction of sp³-hybridized carbons (Fsp3) is 0.750. The molecule has 15 heteroatoms. The monoisotopic (exact) mass is 723 g/mol. The zero-order valence-electron chi connectivity index (χ0n) is 30.7. The molecule has 4 rings (SSSR count). The normalized spacial score (nSPS) is 24.9. The van der Waals surface area contributed by atoms with Crippen molar-refractivity contribution in [3.8, 4) is 0 Å². The number of carboxylic acid groups (broad SMARTS) is 1. The Morgan fingerprint density at radius 2 is 1.18 bits per heavy atom. The molecule has 1 N–H and O–H groups in total. The number of rotatable bonds is 25. The van der Waals surface area contributed by atoms with Crippen LogP contribution in [0.2, 0.25) is 0 Å². The second-order valence-corrected chi connectivity index (χ2v) is 13.0. The Kier molecular flexibility index (Phi) is 17.0. The number of aryl methyl sites for hydroxylation is 2. The summed E-state index contributed by atoms with van der Waals surface area (Å²) in [6.07, 6.45) is 1.08. The standard InChI is InChI=1S/C36H57N3O12/c1-6-44-32(42)21-37(22-33(43)45-7-2)17-19-39(20-18-38(23-34-46-25(3)47-34)24-35-48-26(4)49-35)30(36-50-27(5)51-36)10-8-9-28-11-13-29(14-12-28)15-16-31(40)41/h11-14,25-27,30,34-36H,6-10,15-24H2,1-5H3,(H,40,41). The fourth-order valence-electron chi connectivity index (χ4n) is 6.40. The van der Waals surface area contributed by atoms with E-state index in [4.69, 9.17) is 43.0 Å². The van der Waals surface area contributed by atoms with Gasteiger partial charge in [-0.3, -0.25) is 29.1 Å². The van der Waals surface area contributed by atoms with Crippen molar-refractivity contribution in [3.63, 3.8) is 0 Å². The molecule has 51 heavy (non-hydrogen) atoms. The van der Waals surface area contributed by atoms with Gasteiger partial charge < -0.3 is 43.0 Å². The third-order valence-corrected chi connectivity index (χ3v) is 8.96. The van der Waals surface area contributed by atoms with Crippen LogP contribution in [-0.2, 0) is 65.1 Å². The quantitative estimate of drug-likeness (QED) is 0.147. The molecule has 3 fully saturated rings. The summed E-state index contributed by atoms with van der Waals surface area (Å²) in [6.45, 7) is 12.7. The van der Waals surface area contributed by atoms with E-state index in [0.29, 0.717) is 45.7 Å². The predicted molar refractivity (Wildman–Crippen MR) is 183 cm³/mol. The SMILES string of the molecule is CCOC(=O)CN(CCN(CCN(CC1OC(C)O1)CC1OC(C)O1)C(CCCc1ccc(CCC(=O)O)cc1)C1OC(C)O1)CC(=O)OCC. The molecule has 0 aliphatic carbocycles. The molecule has 1 aromatic carbocycles. The average Bonchev–Trinajstić information content (AvgIpc) is 3.04. The minimum absolute atomic E-state index is 0.0453. The largest absolute Gasteiger partial charge is 0.481 e. The number of ether oxygens (including phenoxy) is 8. The van der Waals surface area contributed by atoms with E-state index < -0.39 is 24.2 Å². The first-order valence-corrected chi connectivity index (χ1v) is 18.2. The lowest BCUT2D eigenvalue weighted by Gasteiger charge is -2.45. The highest BCUT2D eigenvalue weighted by molar-refractivity contribution is 5.75. The molecule has 0 amide bonds. The lowest BCUT2D eigenvalue weighted by Crippen LogP contribution is -2.58. The van der Waals surface area contributed by atoms with E-state index in [2.05, 4.69) is 21.9 Å². The molecule has 1 atom stereocenters. The molecular formula is C36H57N3O12. The maximum atomic E-state index is 12.5. The Hall–Kier alpha value is -2.73. The molecule has 0 bridgehead atoms. The third-order valence-electron chi connectivity index (χ3n) is 8.96. The molecule has 1 unspecified atom stereocenters. The third kappa shape index (κ3) is 14.3. The Balaban J connectivity index is 1.47. The summed E-state index contributed by atoms with van der Waals surface area (Å²) in [4.78, 5) is 42.3. The summed E-state index contributed by atoms with van der Waals surface area (Å²) < 4.78 is 45.6. The molecule has 288 valence electrons. The van der Waals surface area contributed by atoms with Gasteiger partial charge in [-0.1, -0.05) is 24.3 Å². The maximum Gasteiger partial charge on any atom is 0.320 e. The van der Waals surface area contributed by atoms with Crippen molar-refractivity contribution in [2.45, 2.75) is 111 Å². The molecular weight excluding hydrogens is 666 g/mol. The first kappa shape index (κ1) is 41.0. The molecule has 1 aromatic rings. The van der Waals surface area contributed by atoms with Crippen molar-refractivity contribution in [1.29, 1.82) is 0 Å². The first-order chi connectivity index (χ1) is 24.5. The van der Waals surface area contributed by atoms with E-state index >= 15 is 0 Å². The Labute approximate surface area is 301 Å². The van der Waals surface area contributed by atoms with Crippen LogP contribution in [0.3, 0.4) is 0 Å². The van der Waals surface area contributed by atoms with E-state index in [1.807, 2.05) is 32.9 Å². The highest BCUT2D eigenvalue weighted by Crippen LogP contribution is 2.27. The Bertz CT molecular complexity index is 1160. The van der Waals surface area contributed by atoms with Gasteiger partial charge in [-0.2, -0.15) is 0 Å². The minimum atomic E-state index is -0.809. The molecule has 3 saturated heterocycles. The number of carboxylic acids is 1. The van der Waals surface area contributed by atoms with E-state index in [-0.39, 0.29) is 70.2 Å². The zero-order chi connectivity index (χ0) is 36.8. The maximum absolute atomic E-state index is 12.5.